The van der Waals surface area contributed by atoms with Crippen LogP contribution in [0.5, 0.6) is 0 Å². The van der Waals surface area contributed by atoms with Crippen LogP contribution in [0.15, 0.2) is 24.3 Å². The Labute approximate surface area is 108 Å². The lowest BCUT2D eigenvalue weighted by Gasteiger charge is -2.36. The van der Waals surface area contributed by atoms with Gasteiger partial charge in [0.25, 0.3) is 0 Å². The van der Waals surface area contributed by atoms with E-state index in [1.54, 1.807) is 0 Å². The van der Waals surface area contributed by atoms with Gasteiger partial charge in [0.2, 0.25) is 0 Å². The second-order valence-electron chi connectivity index (χ2n) is 5.03. The predicted molar refractivity (Wildman–Crippen MR) is 72.7 cm³/mol. The number of benzene rings is 1. The molecule has 0 amide bonds. The van der Waals surface area contributed by atoms with Crippen LogP contribution in [0.25, 0.3) is 0 Å². The first-order chi connectivity index (χ1) is 8.56. The molecular formula is C14H21N3O. The molecule has 4 heteroatoms. The number of amidine groups is 1. The topological polar surface area (TPSA) is 62.3 Å². The first-order valence-electron chi connectivity index (χ1n) is 6.35. The van der Waals surface area contributed by atoms with Crippen molar-refractivity contribution in [3.05, 3.63) is 35.4 Å². The minimum atomic E-state index is 0.120. The highest BCUT2D eigenvalue weighted by Gasteiger charge is 2.23. The number of nitrogens with two attached hydrogens (primary N) is 1. The van der Waals surface area contributed by atoms with Crippen LogP contribution in [0.2, 0.25) is 0 Å². The van der Waals surface area contributed by atoms with Crippen LogP contribution in [-0.4, -0.2) is 36.0 Å². The van der Waals surface area contributed by atoms with E-state index >= 15 is 0 Å². The lowest BCUT2D eigenvalue weighted by molar-refractivity contribution is -0.0526. The zero-order chi connectivity index (χ0) is 13.1. The molecule has 0 spiro atoms. The molecule has 2 unspecified atom stereocenters. The summed E-state index contributed by atoms with van der Waals surface area (Å²) in [5, 5.41) is 7.37. The van der Waals surface area contributed by atoms with E-state index in [1.807, 2.05) is 24.3 Å². The smallest absolute Gasteiger partial charge is 0.122 e. The Morgan fingerprint density at radius 3 is 2.67 bits per heavy atom. The zero-order valence-electron chi connectivity index (χ0n) is 11.0. The van der Waals surface area contributed by atoms with E-state index in [0.717, 1.165) is 25.3 Å². The molecule has 1 aliphatic rings. The van der Waals surface area contributed by atoms with Crippen LogP contribution in [0.4, 0.5) is 0 Å². The van der Waals surface area contributed by atoms with Gasteiger partial charge < -0.3 is 10.5 Å². The van der Waals surface area contributed by atoms with E-state index in [4.69, 9.17) is 15.9 Å². The average Bonchev–Trinajstić information content (AvgIpc) is 2.34. The quantitative estimate of drug-likeness (QED) is 0.629. The van der Waals surface area contributed by atoms with Crippen LogP contribution in [0, 0.1) is 5.41 Å². The number of nitrogens with zero attached hydrogens (tertiary/aromatic N) is 1. The monoisotopic (exact) mass is 247 g/mol. The number of morpholine rings is 1. The van der Waals surface area contributed by atoms with Gasteiger partial charge in [0, 0.05) is 24.7 Å². The second-order valence-corrected chi connectivity index (χ2v) is 5.03. The molecule has 3 N–H and O–H groups in total. The standard InChI is InChI=1S/C14H21N3O/c1-10-9-18-11(2)7-17(10)8-12-3-5-13(6-4-12)14(15)16/h3-6,10-11H,7-9H2,1-2H3,(H3,15,16). The van der Waals surface area contributed by atoms with Gasteiger partial charge in [-0.3, -0.25) is 10.3 Å². The first-order valence-corrected chi connectivity index (χ1v) is 6.35. The SMILES string of the molecule is CC1CN(Cc2ccc(C(=N)N)cc2)C(C)CO1. The van der Waals surface area contributed by atoms with Gasteiger partial charge in [0.05, 0.1) is 12.7 Å². The maximum Gasteiger partial charge on any atom is 0.122 e. The van der Waals surface area contributed by atoms with Crippen molar-refractivity contribution in [1.29, 1.82) is 5.41 Å². The summed E-state index contributed by atoms with van der Waals surface area (Å²) in [6, 6.07) is 8.36. The number of ether oxygens (including phenoxy) is 1. The Morgan fingerprint density at radius 2 is 2.06 bits per heavy atom. The van der Waals surface area contributed by atoms with E-state index in [1.165, 1.54) is 5.56 Å². The maximum atomic E-state index is 7.37. The van der Waals surface area contributed by atoms with Crippen LogP contribution < -0.4 is 5.73 Å². The lowest BCUT2D eigenvalue weighted by Crippen LogP contribution is -2.46. The third-order valence-electron chi connectivity index (χ3n) is 3.39. The first kappa shape index (κ1) is 13.1. The molecule has 0 aliphatic carbocycles. The van der Waals surface area contributed by atoms with Gasteiger partial charge in [0.15, 0.2) is 0 Å². The van der Waals surface area contributed by atoms with E-state index < -0.39 is 0 Å². The van der Waals surface area contributed by atoms with Gasteiger partial charge in [-0.1, -0.05) is 24.3 Å². The van der Waals surface area contributed by atoms with Crippen molar-refractivity contribution in [3.8, 4) is 0 Å². The molecule has 1 aromatic carbocycles. The fourth-order valence-corrected chi connectivity index (χ4v) is 2.22. The minimum Gasteiger partial charge on any atom is -0.384 e. The summed E-state index contributed by atoms with van der Waals surface area (Å²) in [5.41, 5.74) is 7.48. The highest BCUT2D eigenvalue weighted by molar-refractivity contribution is 5.94. The molecule has 0 radical (unpaired) electrons. The van der Waals surface area contributed by atoms with Crippen molar-refractivity contribution < 1.29 is 4.74 Å². The summed E-state index contributed by atoms with van der Waals surface area (Å²) >= 11 is 0. The van der Waals surface area contributed by atoms with Gasteiger partial charge >= 0.3 is 0 Å². The highest BCUT2D eigenvalue weighted by atomic mass is 16.5. The van der Waals surface area contributed by atoms with Crippen molar-refractivity contribution in [2.75, 3.05) is 13.2 Å². The summed E-state index contributed by atoms with van der Waals surface area (Å²) < 4.78 is 5.62. The van der Waals surface area contributed by atoms with Crippen LogP contribution >= 0.6 is 0 Å². The van der Waals surface area contributed by atoms with E-state index in [9.17, 15) is 0 Å². The molecule has 1 fully saturated rings. The second kappa shape index (κ2) is 5.50. The Bertz CT molecular complexity index is 416. The zero-order valence-corrected chi connectivity index (χ0v) is 11.0. The third-order valence-corrected chi connectivity index (χ3v) is 3.39. The molecule has 1 saturated heterocycles. The van der Waals surface area contributed by atoms with Crippen LogP contribution in [0.1, 0.15) is 25.0 Å². The van der Waals surface area contributed by atoms with E-state index in [-0.39, 0.29) is 5.84 Å². The summed E-state index contributed by atoms with van der Waals surface area (Å²) in [7, 11) is 0. The van der Waals surface area contributed by atoms with Crippen molar-refractivity contribution in [3.63, 3.8) is 0 Å². The van der Waals surface area contributed by atoms with Gasteiger partial charge in [-0.2, -0.15) is 0 Å². The Kier molecular flexibility index (Phi) is 3.99. The van der Waals surface area contributed by atoms with Gasteiger partial charge in [-0.05, 0) is 19.4 Å². The molecule has 1 heterocycles. The molecular weight excluding hydrogens is 226 g/mol. The summed E-state index contributed by atoms with van der Waals surface area (Å²) in [4.78, 5) is 2.43. The van der Waals surface area contributed by atoms with Crippen LogP contribution in [0.3, 0.4) is 0 Å². The number of hydrogen-bond acceptors (Lipinski definition) is 3. The van der Waals surface area contributed by atoms with E-state index in [0.29, 0.717) is 12.1 Å². The Hall–Kier alpha value is -1.39. The van der Waals surface area contributed by atoms with Crippen molar-refractivity contribution in [1.82, 2.24) is 4.90 Å². The largest absolute Gasteiger partial charge is 0.384 e. The van der Waals surface area contributed by atoms with E-state index in [2.05, 4.69) is 18.7 Å². The molecule has 98 valence electrons. The third kappa shape index (κ3) is 3.09. The molecule has 0 bridgehead atoms. The molecule has 2 atom stereocenters. The summed E-state index contributed by atoms with van der Waals surface area (Å²) in [6.45, 7) is 6.99. The van der Waals surface area contributed by atoms with Gasteiger partial charge in [-0.25, -0.2) is 0 Å². The van der Waals surface area contributed by atoms with Crippen LogP contribution in [-0.2, 0) is 11.3 Å². The van der Waals surface area contributed by atoms with Gasteiger partial charge in [-0.15, -0.1) is 0 Å². The number of nitrogens with one attached hydrogen (secondary N) is 1. The highest BCUT2D eigenvalue weighted by Crippen LogP contribution is 2.15. The minimum absolute atomic E-state index is 0.120. The predicted octanol–water partition coefficient (Wildman–Crippen LogP) is 1.58. The Morgan fingerprint density at radius 1 is 1.39 bits per heavy atom. The summed E-state index contributed by atoms with van der Waals surface area (Å²) in [5.74, 6) is 0.120. The molecule has 0 aromatic heterocycles. The van der Waals surface area contributed by atoms with Crippen molar-refractivity contribution >= 4 is 5.84 Å². The number of hydrogen-bond donors (Lipinski definition) is 2. The summed E-state index contributed by atoms with van der Waals surface area (Å²) in [6.07, 6.45) is 0.303. The van der Waals surface area contributed by atoms with Crippen molar-refractivity contribution in [2.24, 2.45) is 5.73 Å². The fourth-order valence-electron chi connectivity index (χ4n) is 2.22. The number of nitrogen functional groups attached to an aromatic ring is 1. The normalized spacial score (nSPS) is 25.0. The lowest BCUT2D eigenvalue weighted by atomic mass is 10.1. The molecule has 4 nitrogen and oxygen atoms in total. The van der Waals surface area contributed by atoms with Crippen molar-refractivity contribution in [2.45, 2.75) is 32.5 Å². The molecule has 1 aromatic rings. The average molecular weight is 247 g/mol. The molecule has 0 saturated carbocycles. The molecule has 1 aliphatic heterocycles. The molecule has 18 heavy (non-hydrogen) atoms. The number of rotatable bonds is 3. The molecule has 2 rings (SSSR count). The van der Waals surface area contributed by atoms with Gasteiger partial charge in [0.1, 0.15) is 5.84 Å². The fraction of sp³-hybridized carbons (Fsp3) is 0.500. The maximum absolute atomic E-state index is 7.37. The Balaban J connectivity index is 2.02.